The quantitative estimate of drug-likeness (QED) is 0.740. The van der Waals surface area contributed by atoms with Crippen molar-refractivity contribution in [2.24, 2.45) is 0 Å². The smallest absolute Gasteiger partial charge is 0.245 e. The zero-order chi connectivity index (χ0) is 19.6. The van der Waals surface area contributed by atoms with Crippen LogP contribution in [-0.4, -0.2) is 65.8 Å². The van der Waals surface area contributed by atoms with Gasteiger partial charge in [0.05, 0.1) is 10.8 Å². The van der Waals surface area contributed by atoms with E-state index in [1.165, 1.54) is 16.1 Å². The average Bonchev–Trinajstić information content (AvgIpc) is 3.25. The predicted octanol–water partition coefficient (Wildman–Crippen LogP) is 2.99. The Kier molecular flexibility index (Phi) is 6.01. The fourth-order valence-corrected chi connectivity index (χ4v) is 7.78. The maximum Gasteiger partial charge on any atom is 0.245 e. The van der Waals surface area contributed by atoms with Crippen LogP contribution in [0.4, 0.5) is 0 Å². The van der Waals surface area contributed by atoms with Gasteiger partial charge in [-0.1, -0.05) is 48.5 Å². The molecule has 28 heavy (non-hydrogen) atoms. The first kappa shape index (κ1) is 19.8. The number of amides is 1. The Labute approximate surface area is 174 Å². The summed E-state index contributed by atoms with van der Waals surface area (Å²) in [5, 5.41) is 0. The van der Waals surface area contributed by atoms with Crippen molar-refractivity contribution in [2.45, 2.75) is 10.9 Å². The summed E-state index contributed by atoms with van der Waals surface area (Å²) in [7, 11) is -3.79. The molecule has 1 atom stereocenters. The molecule has 2 aromatic carbocycles. The molecule has 1 amide bonds. The molecule has 2 aliphatic heterocycles. The second-order valence-electron chi connectivity index (χ2n) is 6.71. The molecule has 2 aliphatic rings. The van der Waals surface area contributed by atoms with E-state index in [-0.39, 0.29) is 10.8 Å². The number of sulfonamides is 1. The molecule has 8 heteroatoms. The van der Waals surface area contributed by atoms with Gasteiger partial charge in [0, 0.05) is 35.9 Å². The van der Waals surface area contributed by atoms with E-state index >= 15 is 0 Å². The first-order valence-corrected chi connectivity index (χ1v) is 12.9. The van der Waals surface area contributed by atoms with Gasteiger partial charge in [-0.3, -0.25) is 4.79 Å². The first-order chi connectivity index (χ1) is 13.6. The number of hydrogen-bond donors (Lipinski definition) is 0. The number of thioether (sulfide) groups is 2. The van der Waals surface area contributed by atoms with E-state index in [2.05, 4.69) is 0 Å². The lowest BCUT2D eigenvalue weighted by molar-refractivity contribution is -0.133. The van der Waals surface area contributed by atoms with Gasteiger partial charge < -0.3 is 4.90 Å². The Hall–Kier alpha value is -1.48. The number of hydrogen-bond acceptors (Lipinski definition) is 5. The van der Waals surface area contributed by atoms with Crippen molar-refractivity contribution in [3.63, 3.8) is 0 Å². The molecule has 0 aromatic heterocycles. The van der Waals surface area contributed by atoms with Crippen molar-refractivity contribution in [2.75, 3.05) is 36.2 Å². The highest BCUT2D eigenvalue weighted by Crippen LogP contribution is 2.34. The van der Waals surface area contributed by atoms with E-state index in [1.54, 1.807) is 12.1 Å². The Balaban J connectivity index is 1.68. The first-order valence-electron chi connectivity index (χ1n) is 9.19. The SMILES string of the molecule is O=C([C@H]1CSCN1S(=O)(=O)c1ccccc1-c1ccccc1)N1CCSCC1. The van der Waals surface area contributed by atoms with Crippen LogP contribution in [0, 0.1) is 0 Å². The van der Waals surface area contributed by atoms with Crippen molar-refractivity contribution in [1.82, 2.24) is 9.21 Å². The third-order valence-electron chi connectivity index (χ3n) is 5.01. The standard InChI is InChI=1S/C20H22N2O3S3/c23-20(21-10-12-26-13-11-21)18-14-27-15-22(18)28(24,25)19-9-5-4-8-17(19)16-6-2-1-3-7-16/h1-9,18H,10-15H2/t18-/m1/s1. The minimum atomic E-state index is -3.79. The molecule has 0 spiro atoms. The largest absolute Gasteiger partial charge is 0.340 e. The molecule has 2 fully saturated rings. The average molecular weight is 435 g/mol. The number of carbonyl (C=O) groups excluding carboxylic acids is 1. The zero-order valence-electron chi connectivity index (χ0n) is 15.4. The highest BCUT2D eigenvalue weighted by Gasteiger charge is 2.42. The summed E-state index contributed by atoms with van der Waals surface area (Å²) in [5.41, 5.74) is 1.52. The summed E-state index contributed by atoms with van der Waals surface area (Å²) in [6.45, 7) is 1.39. The highest BCUT2D eigenvalue weighted by molar-refractivity contribution is 8.00. The van der Waals surface area contributed by atoms with Gasteiger partial charge in [0.2, 0.25) is 15.9 Å². The number of carbonyl (C=O) groups is 1. The lowest BCUT2D eigenvalue weighted by Crippen LogP contribution is -2.51. The third-order valence-corrected chi connectivity index (χ3v) is 9.04. The summed E-state index contributed by atoms with van der Waals surface area (Å²) in [6.07, 6.45) is 0. The molecular formula is C20H22N2O3S3. The van der Waals surface area contributed by atoms with Crippen LogP contribution in [0.5, 0.6) is 0 Å². The van der Waals surface area contributed by atoms with Crippen LogP contribution in [0.1, 0.15) is 0 Å². The van der Waals surface area contributed by atoms with Crippen molar-refractivity contribution < 1.29 is 13.2 Å². The molecular weight excluding hydrogens is 412 g/mol. The van der Waals surface area contributed by atoms with Crippen molar-refractivity contribution in [3.05, 3.63) is 54.6 Å². The van der Waals surface area contributed by atoms with E-state index in [1.807, 2.05) is 59.1 Å². The molecule has 0 unspecified atom stereocenters. The van der Waals surface area contributed by atoms with Crippen molar-refractivity contribution >= 4 is 39.5 Å². The zero-order valence-corrected chi connectivity index (χ0v) is 17.8. The van der Waals surface area contributed by atoms with Crippen molar-refractivity contribution in [1.29, 1.82) is 0 Å². The van der Waals surface area contributed by atoms with Gasteiger partial charge in [-0.25, -0.2) is 8.42 Å². The monoisotopic (exact) mass is 434 g/mol. The van der Waals surface area contributed by atoms with Gasteiger partial charge in [0.15, 0.2) is 0 Å². The molecule has 0 aliphatic carbocycles. The molecule has 0 bridgehead atoms. The van der Waals surface area contributed by atoms with Crippen LogP contribution < -0.4 is 0 Å². The minimum absolute atomic E-state index is 0.0638. The summed E-state index contributed by atoms with van der Waals surface area (Å²) in [4.78, 5) is 15.1. The molecule has 5 nitrogen and oxygen atoms in total. The highest BCUT2D eigenvalue weighted by atomic mass is 32.2. The van der Waals surface area contributed by atoms with Crippen LogP contribution in [0.2, 0.25) is 0 Å². The van der Waals surface area contributed by atoms with E-state index < -0.39 is 16.1 Å². The topological polar surface area (TPSA) is 57.7 Å². The van der Waals surface area contributed by atoms with Crippen molar-refractivity contribution in [3.8, 4) is 11.1 Å². The molecule has 0 radical (unpaired) electrons. The third kappa shape index (κ3) is 3.83. The number of nitrogens with zero attached hydrogens (tertiary/aromatic N) is 2. The van der Waals surface area contributed by atoms with Gasteiger partial charge in [0.25, 0.3) is 0 Å². The Bertz CT molecular complexity index is 944. The van der Waals surface area contributed by atoms with E-state index in [0.717, 1.165) is 17.1 Å². The summed E-state index contributed by atoms with van der Waals surface area (Å²) in [6, 6.07) is 15.9. The molecule has 0 N–H and O–H groups in total. The van der Waals surface area contributed by atoms with E-state index in [9.17, 15) is 13.2 Å². The second kappa shape index (κ2) is 8.49. The lowest BCUT2D eigenvalue weighted by Gasteiger charge is -2.31. The maximum absolute atomic E-state index is 13.6. The van der Waals surface area contributed by atoms with Crippen LogP contribution in [-0.2, 0) is 14.8 Å². The lowest BCUT2D eigenvalue weighted by atomic mass is 10.1. The molecule has 0 saturated carbocycles. The van der Waals surface area contributed by atoms with Gasteiger partial charge in [-0.2, -0.15) is 16.1 Å². The van der Waals surface area contributed by atoms with Gasteiger partial charge in [-0.15, -0.1) is 11.8 Å². The Morgan fingerprint density at radius 1 is 0.929 bits per heavy atom. The van der Waals surface area contributed by atoms with Crippen LogP contribution in [0.25, 0.3) is 11.1 Å². The second-order valence-corrected chi connectivity index (χ2v) is 10.8. The molecule has 148 valence electrons. The van der Waals surface area contributed by atoms with Gasteiger partial charge in [-0.05, 0) is 11.6 Å². The van der Waals surface area contributed by atoms with E-state index in [0.29, 0.717) is 30.3 Å². The molecule has 4 rings (SSSR count). The van der Waals surface area contributed by atoms with Crippen LogP contribution in [0.3, 0.4) is 0 Å². The van der Waals surface area contributed by atoms with Crippen LogP contribution >= 0.6 is 23.5 Å². The van der Waals surface area contributed by atoms with E-state index in [4.69, 9.17) is 0 Å². The molecule has 2 heterocycles. The Morgan fingerprint density at radius 2 is 1.61 bits per heavy atom. The number of rotatable bonds is 4. The van der Waals surface area contributed by atoms with Gasteiger partial charge in [0.1, 0.15) is 6.04 Å². The molecule has 2 aromatic rings. The van der Waals surface area contributed by atoms with Crippen LogP contribution in [0.15, 0.2) is 59.5 Å². The number of benzene rings is 2. The van der Waals surface area contributed by atoms with Gasteiger partial charge >= 0.3 is 0 Å². The summed E-state index contributed by atoms with van der Waals surface area (Å²) >= 11 is 3.33. The Morgan fingerprint density at radius 3 is 2.36 bits per heavy atom. The fraction of sp³-hybridized carbons (Fsp3) is 0.350. The summed E-state index contributed by atoms with van der Waals surface area (Å²) < 4.78 is 28.5. The minimum Gasteiger partial charge on any atom is -0.340 e. The molecule has 2 saturated heterocycles. The predicted molar refractivity (Wildman–Crippen MR) is 116 cm³/mol. The maximum atomic E-state index is 13.6. The fourth-order valence-electron chi connectivity index (χ4n) is 3.53. The normalized spacial score (nSPS) is 21.0. The summed E-state index contributed by atoms with van der Waals surface area (Å²) in [5.74, 6) is 2.58.